The second-order valence-electron chi connectivity index (χ2n) is 6.56. The van der Waals surface area contributed by atoms with Gasteiger partial charge < -0.3 is 10.0 Å². The summed E-state index contributed by atoms with van der Waals surface area (Å²) < 4.78 is 15.3. The van der Waals surface area contributed by atoms with Crippen molar-refractivity contribution in [3.63, 3.8) is 0 Å². The molecule has 27 heavy (non-hydrogen) atoms. The van der Waals surface area contributed by atoms with E-state index in [2.05, 4.69) is 4.98 Å². The molecule has 1 amide bonds. The van der Waals surface area contributed by atoms with E-state index >= 15 is 0 Å². The van der Waals surface area contributed by atoms with Gasteiger partial charge in [0.2, 0.25) is 5.91 Å². The number of aryl methyl sites for hydroxylation is 1. The second kappa shape index (κ2) is 6.92. The molecule has 1 aliphatic heterocycles. The molecular formula is C20H19FN4O2. The Morgan fingerprint density at radius 2 is 1.96 bits per heavy atom. The number of halogens is 1. The number of aliphatic hydroxyl groups excluding tert-OH is 1. The van der Waals surface area contributed by atoms with E-state index in [0.29, 0.717) is 19.6 Å². The first-order valence-corrected chi connectivity index (χ1v) is 8.74. The predicted molar refractivity (Wildman–Crippen MR) is 98.1 cm³/mol. The average Bonchev–Trinajstić information content (AvgIpc) is 3.06. The summed E-state index contributed by atoms with van der Waals surface area (Å²) in [6.07, 6.45) is 1.74. The lowest BCUT2D eigenvalue weighted by atomic mass is 9.98. The highest BCUT2D eigenvalue weighted by Gasteiger charge is 2.27. The fourth-order valence-corrected chi connectivity index (χ4v) is 3.44. The van der Waals surface area contributed by atoms with Gasteiger partial charge in [0, 0.05) is 29.6 Å². The number of amides is 1. The molecule has 1 N–H and O–H groups in total. The predicted octanol–water partition coefficient (Wildman–Crippen LogP) is 2.39. The van der Waals surface area contributed by atoms with Crippen molar-refractivity contribution in [1.82, 2.24) is 19.7 Å². The molecular weight excluding hydrogens is 347 g/mol. The number of aromatic nitrogens is 3. The molecule has 1 aromatic carbocycles. The van der Waals surface area contributed by atoms with Crippen LogP contribution in [0, 0.1) is 12.7 Å². The van der Waals surface area contributed by atoms with Crippen LogP contribution in [0.2, 0.25) is 0 Å². The Kier molecular flexibility index (Phi) is 4.45. The molecule has 6 nitrogen and oxygen atoms in total. The van der Waals surface area contributed by atoms with Crippen LogP contribution in [0.15, 0.2) is 42.6 Å². The van der Waals surface area contributed by atoms with Gasteiger partial charge in [0.25, 0.3) is 0 Å². The Labute approximate surface area is 155 Å². The highest BCUT2D eigenvalue weighted by atomic mass is 19.1. The first kappa shape index (κ1) is 17.4. The van der Waals surface area contributed by atoms with Crippen LogP contribution in [0.3, 0.4) is 0 Å². The quantitative estimate of drug-likeness (QED) is 0.773. The van der Waals surface area contributed by atoms with Gasteiger partial charge >= 0.3 is 0 Å². The van der Waals surface area contributed by atoms with Crippen LogP contribution in [0.5, 0.6) is 0 Å². The Balaban J connectivity index is 1.89. The molecule has 0 atom stereocenters. The lowest BCUT2D eigenvalue weighted by molar-refractivity contribution is -0.135. The zero-order valence-corrected chi connectivity index (χ0v) is 14.9. The van der Waals surface area contributed by atoms with Crippen molar-refractivity contribution in [3.05, 3.63) is 59.8 Å². The normalized spacial score (nSPS) is 13.5. The summed E-state index contributed by atoms with van der Waals surface area (Å²) in [6, 6.07) is 10.1. The van der Waals surface area contributed by atoms with E-state index in [4.69, 9.17) is 5.10 Å². The summed E-state index contributed by atoms with van der Waals surface area (Å²) in [7, 11) is 0. The van der Waals surface area contributed by atoms with Crippen molar-refractivity contribution in [2.24, 2.45) is 0 Å². The van der Waals surface area contributed by atoms with Crippen LogP contribution in [-0.4, -0.2) is 43.8 Å². The van der Waals surface area contributed by atoms with E-state index in [1.165, 1.54) is 12.1 Å². The molecule has 1 aliphatic rings. The minimum Gasteiger partial charge on any atom is -0.387 e. The third-order valence-corrected chi connectivity index (χ3v) is 4.77. The zero-order chi connectivity index (χ0) is 19.0. The molecule has 0 bridgehead atoms. The standard InChI is InChI=1S/C20H19FN4O2/c1-13-10-15(6-7-22-13)19-17-11-24(18(27)12-26)8-9-25(17)23-20(19)14-2-4-16(21)5-3-14/h2-7,10,26H,8-9,11-12H2,1H3. The lowest BCUT2D eigenvalue weighted by Gasteiger charge is -2.28. The molecule has 0 fully saturated rings. The van der Waals surface area contributed by atoms with Crippen molar-refractivity contribution in [2.75, 3.05) is 13.2 Å². The van der Waals surface area contributed by atoms with Gasteiger partial charge in [-0.3, -0.25) is 14.5 Å². The molecule has 0 spiro atoms. The van der Waals surface area contributed by atoms with Gasteiger partial charge in [-0.15, -0.1) is 0 Å². The fraction of sp³-hybridized carbons (Fsp3) is 0.250. The number of aliphatic hydroxyl groups is 1. The summed E-state index contributed by atoms with van der Waals surface area (Å²) >= 11 is 0. The minimum atomic E-state index is -0.511. The number of fused-ring (bicyclic) bond motifs is 1. The molecule has 0 saturated carbocycles. The van der Waals surface area contributed by atoms with Crippen molar-refractivity contribution >= 4 is 5.91 Å². The maximum atomic E-state index is 13.4. The molecule has 4 rings (SSSR count). The van der Waals surface area contributed by atoms with E-state index in [9.17, 15) is 14.3 Å². The van der Waals surface area contributed by atoms with Crippen LogP contribution in [0.1, 0.15) is 11.4 Å². The lowest BCUT2D eigenvalue weighted by Crippen LogP contribution is -2.40. The zero-order valence-electron chi connectivity index (χ0n) is 14.9. The maximum absolute atomic E-state index is 13.4. The van der Waals surface area contributed by atoms with Crippen LogP contribution < -0.4 is 0 Å². The first-order chi connectivity index (χ1) is 13.1. The van der Waals surface area contributed by atoms with E-state index in [-0.39, 0.29) is 11.7 Å². The molecule has 3 aromatic rings. The number of hydrogen-bond acceptors (Lipinski definition) is 4. The highest BCUT2D eigenvalue weighted by molar-refractivity contribution is 5.84. The topological polar surface area (TPSA) is 71.2 Å². The number of carbonyl (C=O) groups excluding carboxylic acids is 1. The van der Waals surface area contributed by atoms with Crippen LogP contribution >= 0.6 is 0 Å². The largest absolute Gasteiger partial charge is 0.387 e. The molecule has 2 aromatic heterocycles. The number of hydrogen-bond donors (Lipinski definition) is 1. The van der Waals surface area contributed by atoms with Crippen LogP contribution in [0.25, 0.3) is 22.4 Å². The number of carbonyl (C=O) groups is 1. The van der Waals surface area contributed by atoms with E-state index in [1.807, 2.05) is 23.7 Å². The number of nitrogens with zero attached hydrogens (tertiary/aromatic N) is 4. The van der Waals surface area contributed by atoms with Crippen molar-refractivity contribution < 1.29 is 14.3 Å². The summed E-state index contributed by atoms with van der Waals surface area (Å²) in [5.74, 6) is -0.605. The molecule has 3 heterocycles. The Morgan fingerprint density at radius 1 is 1.19 bits per heavy atom. The average molecular weight is 366 g/mol. The molecule has 0 aliphatic carbocycles. The number of rotatable bonds is 3. The molecule has 138 valence electrons. The number of pyridine rings is 1. The Bertz CT molecular complexity index is 998. The fourth-order valence-electron chi connectivity index (χ4n) is 3.44. The second-order valence-corrected chi connectivity index (χ2v) is 6.56. The maximum Gasteiger partial charge on any atom is 0.248 e. The van der Waals surface area contributed by atoms with Gasteiger partial charge in [0.1, 0.15) is 18.1 Å². The van der Waals surface area contributed by atoms with Gasteiger partial charge in [-0.2, -0.15) is 5.10 Å². The van der Waals surface area contributed by atoms with E-state index in [0.717, 1.165) is 33.8 Å². The van der Waals surface area contributed by atoms with Gasteiger partial charge in [0.05, 0.1) is 18.8 Å². The monoisotopic (exact) mass is 366 g/mol. The molecule has 0 unspecified atom stereocenters. The SMILES string of the molecule is Cc1cc(-c2c(-c3ccc(F)cc3)nn3c2CN(C(=O)CO)CC3)ccn1. The molecule has 0 saturated heterocycles. The van der Waals surface area contributed by atoms with Gasteiger partial charge in [-0.05, 0) is 48.9 Å². The van der Waals surface area contributed by atoms with Gasteiger partial charge in [-0.25, -0.2) is 4.39 Å². The molecule has 7 heteroatoms. The van der Waals surface area contributed by atoms with Crippen molar-refractivity contribution in [3.8, 4) is 22.4 Å². The smallest absolute Gasteiger partial charge is 0.248 e. The molecule has 0 radical (unpaired) electrons. The highest BCUT2D eigenvalue weighted by Crippen LogP contribution is 2.36. The summed E-state index contributed by atoms with van der Waals surface area (Å²) in [5, 5.41) is 14.0. The number of benzene rings is 1. The van der Waals surface area contributed by atoms with Gasteiger partial charge in [-0.1, -0.05) is 0 Å². The first-order valence-electron chi connectivity index (χ1n) is 8.74. The minimum absolute atomic E-state index is 0.302. The summed E-state index contributed by atoms with van der Waals surface area (Å²) in [6.45, 7) is 2.80. The Hall–Kier alpha value is -3.06. The van der Waals surface area contributed by atoms with Crippen LogP contribution in [0.4, 0.5) is 4.39 Å². The van der Waals surface area contributed by atoms with Crippen LogP contribution in [-0.2, 0) is 17.9 Å². The van der Waals surface area contributed by atoms with E-state index in [1.54, 1.807) is 23.2 Å². The van der Waals surface area contributed by atoms with Gasteiger partial charge in [0.15, 0.2) is 0 Å². The summed E-state index contributed by atoms with van der Waals surface area (Å²) in [5.41, 5.74) is 5.17. The van der Waals surface area contributed by atoms with Crippen molar-refractivity contribution in [1.29, 1.82) is 0 Å². The summed E-state index contributed by atoms with van der Waals surface area (Å²) in [4.78, 5) is 17.9. The van der Waals surface area contributed by atoms with Crippen molar-refractivity contribution in [2.45, 2.75) is 20.0 Å². The van der Waals surface area contributed by atoms with E-state index < -0.39 is 6.61 Å². The Morgan fingerprint density at radius 3 is 2.67 bits per heavy atom. The third kappa shape index (κ3) is 3.21. The third-order valence-electron chi connectivity index (χ3n) is 4.77.